The third kappa shape index (κ3) is 2.36. The van der Waals surface area contributed by atoms with E-state index in [1.54, 1.807) is 0 Å². The van der Waals surface area contributed by atoms with Crippen molar-refractivity contribution in [2.45, 2.75) is 6.18 Å². The summed E-state index contributed by atoms with van der Waals surface area (Å²) in [6, 6.07) is 1.90. The summed E-state index contributed by atoms with van der Waals surface area (Å²) in [6.07, 6.45) is -4.50. The zero-order chi connectivity index (χ0) is 11.6. The smallest absolute Gasteiger partial charge is 0.384 e. The third-order valence-electron chi connectivity index (χ3n) is 1.71. The molecular formula is C8H9F3N4. The maximum Gasteiger partial charge on any atom is 0.433 e. The Hall–Kier alpha value is -1.79. The lowest BCUT2D eigenvalue weighted by atomic mass is 10.2. The molecule has 0 atom stereocenters. The molecule has 4 N–H and O–H groups in total. The summed E-state index contributed by atoms with van der Waals surface area (Å²) in [4.78, 5) is 3.33. The van der Waals surface area contributed by atoms with Gasteiger partial charge in [0.05, 0.1) is 5.56 Å². The summed E-state index contributed by atoms with van der Waals surface area (Å²) >= 11 is 0. The minimum atomic E-state index is -4.50. The van der Waals surface area contributed by atoms with Gasteiger partial charge in [-0.25, -0.2) is 4.98 Å². The summed E-state index contributed by atoms with van der Waals surface area (Å²) in [6.45, 7) is 0. The minimum absolute atomic E-state index is 0.0580. The second-order valence-electron chi connectivity index (χ2n) is 2.75. The standard InChI is InChI=1S/C8H9F3N4/c1-14-7-4(6(12)13)2-3-5(15-7)8(9,10)11/h2-3H,1H3,(H3,12,13)(H,14,15). The van der Waals surface area contributed by atoms with E-state index in [9.17, 15) is 13.2 Å². The van der Waals surface area contributed by atoms with Crippen LogP contribution in [0.3, 0.4) is 0 Å². The van der Waals surface area contributed by atoms with Crippen LogP contribution in [0, 0.1) is 5.41 Å². The van der Waals surface area contributed by atoms with Crippen LogP contribution < -0.4 is 11.1 Å². The molecule has 0 aliphatic rings. The Morgan fingerprint density at radius 1 is 1.47 bits per heavy atom. The molecule has 0 unspecified atom stereocenters. The van der Waals surface area contributed by atoms with Crippen LogP contribution >= 0.6 is 0 Å². The molecule has 0 saturated heterocycles. The van der Waals surface area contributed by atoms with E-state index in [1.165, 1.54) is 7.05 Å². The predicted molar refractivity (Wildman–Crippen MR) is 49.8 cm³/mol. The largest absolute Gasteiger partial charge is 0.433 e. The number of nitrogens with zero attached hydrogens (tertiary/aromatic N) is 1. The number of nitrogen functional groups attached to an aromatic ring is 1. The minimum Gasteiger partial charge on any atom is -0.384 e. The Morgan fingerprint density at radius 3 is 2.47 bits per heavy atom. The van der Waals surface area contributed by atoms with Gasteiger partial charge in [-0.3, -0.25) is 5.41 Å². The second kappa shape index (κ2) is 3.76. The van der Waals surface area contributed by atoms with Gasteiger partial charge in [-0.1, -0.05) is 0 Å². The molecule has 0 aliphatic carbocycles. The topological polar surface area (TPSA) is 74.8 Å². The Labute approximate surface area is 83.8 Å². The molecule has 0 amide bonds. The van der Waals surface area contributed by atoms with Gasteiger partial charge in [0.25, 0.3) is 0 Å². The molecule has 1 aromatic heterocycles. The Morgan fingerprint density at radius 2 is 2.07 bits per heavy atom. The first-order chi connectivity index (χ1) is 6.86. The highest BCUT2D eigenvalue weighted by Crippen LogP contribution is 2.29. The molecule has 15 heavy (non-hydrogen) atoms. The molecule has 0 fully saturated rings. The zero-order valence-corrected chi connectivity index (χ0v) is 7.81. The van der Waals surface area contributed by atoms with Crippen LogP contribution in [0.25, 0.3) is 0 Å². The number of nitrogens with two attached hydrogens (primary N) is 1. The molecule has 7 heteroatoms. The fraction of sp³-hybridized carbons (Fsp3) is 0.250. The van der Waals surface area contributed by atoms with Crippen molar-refractivity contribution in [1.82, 2.24) is 4.98 Å². The molecule has 1 heterocycles. The van der Waals surface area contributed by atoms with Crippen LogP contribution in [0.4, 0.5) is 19.0 Å². The fourth-order valence-electron chi connectivity index (χ4n) is 1.02. The number of alkyl halides is 3. The van der Waals surface area contributed by atoms with E-state index in [1.807, 2.05) is 0 Å². The fourth-order valence-corrected chi connectivity index (χ4v) is 1.02. The van der Waals surface area contributed by atoms with Gasteiger partial charge in [-0.2, -0.15) is 13.2 Å². The van der Waals surface area contributed by atoms with Crippen molar-refractivity contribution in [1.29, 1.82) is 5.41 Å². The predicted octanol–water partition coefficient (Wildman–Crippen LogP) is 1.43. The Kier molecular flexibility index (Phi) is 2.83. The first-order valence-electron chi connectivity index (χ1n) is 3.96. The van der Waals surface area contributed by atoms with Crippen LogP contribution in [0.2, 0.25) is 0 Å². The van der Waals surface area contributed by atoms with E-state index in [2.05, 4.69) is 10.3 Å². The van der Waals surface area contributed by atoms with Crippen molar-refractivity contribution in [3.63, 3.8) is 0 Å². The molecule has 0 bridgehead atoms. The number of amidine groups is 1. The number of halogens is 3. The molecule has 0 saturated carbocycles. The van der Waals surface area contributed by atoms with Crippen molar-refractivity contribution in [3.8, 4) is 0 Å². The van der Waals surface area contributed by atoms with E-state index in [0.717, 1.165) is 12.1 Å². The molecule has 0 aromatic carbocycles. The maximum atomic E-state index is 12.3. The van der Waals surface area contributed by atoms with Gasteiger partial charge in [0.1, 0.15) is 17.3 Å². The average Bonchev–Trinajstić information content (AvgIpc) is 2.15. The molecule has 0 radical (unpaired) electrons. The molecule has 1 aromatic rings. The van der Waals surface area contributed by atoms with Gasteiger partial charge in [-0.05, 0) is 12.1 Å². The van der Waals surface area contributed by atoms with Crippen molar-refractivity contribution in [3.05, 3.63) is 23.4 Å². The Balaban J connectivity index is 3.25. The second-order valence-corrected chi connectivity index (χ2v) is 2.75. The lowest BCUT2D eigenvalue weighted by molar-refractivity contribution is -0.141. The summed E-state index contributed by atoms with van der Waals surface area (Å²) < 4.78 is 36.8. The number of aromatic nitrogens is 1. The summed E-state index contributed by atoms with van der Waals surface area (Å²) in [5.41, 5.74) is 4.30. The maximum absolute atomic E-state index is 12.3. The van der Waals surface area contributed by atoms with Gasteiger partial charge in [-0.15, -0.1) is 0 Å². The van der Waals surface area contributed by atoms with E-state index in [0.29, 0.717) is 0 Å². The highest BCUT2D eigenvalue weighted by molar-refractivity contribution is 5.99. The number of hydrogen-bond acceptors (Lipinski definition) is 3. The van der Waals surface area contributed by atoms with Crippen molar-refractivity contribution in [2.75, 3.05) is 12.4 Å². The summed E-state index contributed by atoms with van der Waals surface area (Å²) in [5, 5.41) is 9.58. The highest BCUT2D eigenvalue weighted by Gasteiger charge is 2.33. The van der Waals surface area contributed by atoms with Crippen LogP contribution in [0.5, 0.6) is 0 Å². The molecule has 0 spiro atoms. The molecular weight excluding hydrogens is 209 g/mol. The first kappa shape index (κ1) is 11.3. The lowest BCUT2D eigenvalue weighted by Crippen LogP contribution is -2.17. The highest BCUT2D eigenvalue weighted by atomic mass is 19.4. The number of anilines is 1. The molecule has 1 rings (SSSR count). The first-order valence-corrected chi connectivity index (χ1v) is 3.96. The quantitative estimate of drug-likeness (QED) is 0.519. The number of hydrogen-bond donors (Lipinski definition) is 3. The van der Waals surface area contributed by atoms with E-state index in [4.69, 9.17) is 11.1 Å². The monoisotopic (exact) mass is 218 g/mol. The number of pyridine rings is 1. The van der Waals surface area contributed by atoms with Gasteiger partial charge in [0.15, 0.2) is 0 Å². The van der Waals surface area contributed by atoms with Crippen LogP contribution in [-0.2, 0) is 6.18 Å². The molecule has 4 nitrogen and oxygen atoms in total. The van der Waals surface area contributed by atoms with E-state index in [-0.39, 0.29) is 17.2 Å². The van der Waals surface area contributed by atoms with Gasteiger partial charge in [0.2, 0.25) is 0 Å². The van der Waals surface area contributed by atoms with Crippen LogP contribution in [0.15, 0.2) is 12.1 Å². The zero-order valence-electron chi connectivity index (χ0n) is 7.81. The molecule has 0 aliphatic heterocycles. The Bertz CT molecular complexity index is 386. The SMILES string of the molecule is CNc1nc(C(F)(F)F)ccc1C(=N)N. The number of rotatable bonds is 2. The summed E-state index contributed by atoms with van der Waals surface area (Å²) in [7, 11) is 1.41. The lowest BCUT2D eigenvalue weighted by Gasteiger charge is -2.10. The van der Waals surface area contributed by atoms with Crippen LogP contribution in [0.1, 0.15) is 11.3 Å². The van der Waals surface area contributed by atoms with Crippen molar-refractivity contribution in [2.24, 2.45) is 5.73 Å². The van der Waals surface area contributed by atoms with Gasteiger partial charge in [0, 0.05) is 7.05 Å². The van der Waals surface area contributed by atoms with Crippen molar-refractivity contribution < 1.29 is 13.2 Å². The van der Waals surface area contributed by atoms with Crippen molar-refractivity contribution >= 4 is 11.7 Å². The van der Waals surface area contributed by atoms with E-state index >= 15 is 0 Å². The molecule has 82 valence electrons. The van der Waals surface area contributed by atoms with E-state index < -0.39 is 11.9 Å². The number of nitrogens with one attached hydrogen (secondary N) is 2. The summed E-state index contributed by atoms with van der Waals surface area (Å²) in [5.74, 6) is -0.391. The average molecular weight is 218 g/mol. The normalized spacial score (nSPS) is 11.2. The van der Waals surface area contributed by atoms with Crippen LogP contribution in [-0.4, -0.2) is 17.9 Å². The van der Waals surface area contributed by atoms with Gasteiger partial charge < -0.3 is 11.1 Å². The third-order valence-corrected chi connectivity index (χ3v) is 1.71. The van der Waals surface area contributed by atoms with Gasteiger partial charge >= 0.3 is 6.18 Å².